The van der Waals surface area contributed by atoms with E-state index in [-0.39, 0.29) is 11.7 Å². The van der Waals surface area contributed by atoms with Gasteiger partial charge >= 0.3 is 0 Å². The molecule has 0 bridgehead atoms. The third kappa shape index (κ3) is 5.86. The summed E-state index contributed by atoms with van der Waals surface area (Å²) in [6.07, 6.45) is 7.01. The van der Waals surface area contributed by atoms with Gasteiger partial charge in [-0.3, -0.25) is 4.79 Å². The minimum Gasteiger partial charge on any atom is -0.489 e. The van der Waals surface area contributed by atoms with E-state index >= 15 is 0 Å². The standard InChI is InChI=1S/C28H28N4O3/c1-3-13-35-26-12-11-21(15-20(26)2)27-23(19-32(31-27)24-8-5-4-6-9-24)16-22(17-29)28(33)30-18-25-10-7-14-34-25/h3-6,8-9,11-12,15-16,19,25H,1,7,10,13-14,18H2,2H3,(H,30,33). The number of rotatable bonds is 9. The molecule has 1 saturated heterocycles. The number of ether oxygens (including phenoxy) is 2. The number of hydrogen-bond donors (Lipinski definition) is 1. The van der Waals surface area contributed by atoms with Crippen molar-refractivity contribution in [3.05, 3.63) is 84.1 Å². The molecule has 7 heteroatoms. The number of nitrogens with zero attached hydrogens (tertiary/aromatic N) is 3. The van der Waals surface area contributed by atoms with Crippen molar-refractivity contribution in [3.63, 3.8) is 0 Å². The second-order valence-corrected chi connectivity index (χ2v) is 8.31. The van der Waals surface area contributed by atoms with Crippen molar-refractivity contribution in [2.45, 2.75) is 25.9 Å². The Hall–Kier alpha value is -4.15. The predicted octanol–water partition coefficient (Wildman–Crippen LogP) is 4.61. The fourth-order valence-corrected chi connectivity index (χ4v) is 3.95. The Morgan fingerprint density at radius 2 is 2.17 bits per heavy atom. The molecule has 7 nitrogen and oxygen atoms in total. The van der Waals surface area contributed by atoms with Gasteiger partial charge in [-0.1, -0.05) is 30.9 Å². The number of carbonyl (C=O) groups is 1. The van der Waals surface area contributed by atoms with Crippen molar-refractivity contribution in [1.82, 2.24) is 15.1 Å². The minimum absolute atomic E-state index is 0.0000767. The number of hydrogen-bond acceptors (Lipinski definition) is 5. The summed E-state index contributed by atoms with van der Waals surface area (Å²) in [4.78, 5) is 12.7. The Kier molecular flexibility index (Phi) is 7.76. The summed E-state index contributed by atoms with van der Waals surface area (Å²) in [5.41, 5.74) is 4.01. The van der Waals surface area contributed by atoms with Crippen LogP contribution in [0.1, 0.15) is 24.0 Å². The lowest BCUT2D eigenvalue weighted by Gasteiger charge is -2.10. The van der Waals surface area contributed by atoms with Crippen molar-refractivity contribution in [3.8, 4) is 28.8 Å². The van der Waals surface area contributed by atoms with Crippen LogP contribution < -0.4 is 10.1 Å². The average Bonchev–Trinajstić information content (AvgIpc) is 3.56. The number of nitrogens with one attached hydrogen (secondary N) is 1. The van der Waals surface area contributed by atoms with Gasteiger partial charge in [0.05, 0.1) is 11.8 Å². The zero-order valence-electron chi connectivity index (χ0n) is 19.7. The number of nitriles is 1. The molecular weight excluding hydrogens is 440 g/mol. The first-order valence-electron chi connectivity index (χ1n) is 11.6. The molecular formula is C28H28N4O3. The summed E-state index contributed by atoms with van der Waals surface area (Å²) in [5.74, 6) is 0.338. The summed E-state index contributed by atoms with van der Waals surface area (Å²) in [6, 6.07) is 17.5. The van der Waals surface area contributed by atoms with Crippen molar-refractivity contribution in [1.29, 1.82) is 5.26 Å². The molecule has 0 saturated carbocycles. The molecule has 1 fully saturated rings. The Balaban J connectivity index is 1.68. The Bertz CT molecular complexity index is 1270. The Morgan fingerprint density at radius 3 is 2.86 bits per heavy atom. The summed E-state index contributed by atoms with van der Waals surface area (Å²) in [5, 5.41) is 17.4. The number of amides is 1. The second-order valence-electron chi connectivity index (χ2n) is 8.31. The zero-order chi connectivity index (χ0) is 24.6. The normalized spacial score (nSPS) is 15.4. The molecule has 1 aliphatic rings. The van der Waals surface area contributed by atoms with Crippen LogP contribution in [0.3, 0.4) is 0 Å². The van der Waals surface area contributed by atoms with Crippen LogP contribution in [0.2, 0.25) is 0 Å². The van der Waals surface area contributed by atoms with Gasteiger partial charge in [0.25, 0.3) is 5.91 Å². The third-order valence-electron chi connectivity index (χ3n) is 5.75. The maximum Gasteiger partial charge on any atom is 0.262 e. The van der Waals surface area contributed by atoms with Gasteiger partial charge in [-0.15, -0.1) is 0 Å². The second kappa shape index (κ2) is 11.3. The van der Waals surface area contributed by atoms with E-state index in [0.29, 0.717) is 31.0 Å². The highest BCUT2D eigenvalue weighted by Crippen LogP contribution is 2.30. The van der Waals surface area contributed by atoms with E-state index in [9.17, 15) is 10.1 Å². The fourth-order valence-electron chi connectivity index (χ4n) is 3.95. The molecule has 1 N–H and O–H groups in total. The molecule has 178 valence electrons. The maximum absolute atomic E-state index is 12.7. The topological polar surface area (TPSA) is 89.2 Å². The largest absolute Gasteiger partial charge is 0.489 e. The lowest BCUT2D eigenvalue weighted by Crippen LogP contribution is -2.32. The number of aryl methyl sites for hydroxylation is 1. The van der Waals surface area contributed by atoms with E-state index in [2.05, 4.69) is 11.9 Å². The first-order valence-corrected chi connectivity index (χ1v) is 11.6. The van der Waals surface area contributed by atoms with Crippen LogP contribution in [0.25, 0.3) is 23.0 Å². The van der Waals surface area contributed by atoms with Crippen molar-refractivity contribution in [2.75, 3.05) is 19.8 Å². The average molecular weight is 469 g/mol. The SMILES string of the molecule is C=CCOc1ccc(-c2nn(-c3ccccc3)cc2C=C(C#N)C(=O)NCC2CCCO2)cc1C. The molecule has 1 aliphatic heterocycles. The molecule has 1 unspecified atom stereocenters. The Labute approximate surface area is 205 Å². The molecule has 0 aliphatic carbocycles. The molecule has 2 heterocycles. The molecule has 1 aromatic heterocycles. The van der Waals surface area contributed by atoms with Crippen LogP contribution in [-0.4, -0.2) is 41.6 Å². The van der Waals surface area contributed by atoms with E-state index in [1.54, 1.807) is 16.8 Å². The summed E-state index contributed by atoms with van der Waals surface area (Å²) in [7, 11) is 0. The van der Waals surface area contributed by atoms with Gasteiger partial charge in [0.2, 0.25) is 0 Å². The minimum atomic E-state index is -0.425. The van der Waals surface area contributed by atoms with Crippen molar-refractivity contribution < 1.29 is 14.3 Å². The first kappa shape index (κ1) is 24.0. The summed E-state index contributed by atoms with van der Waals surface area (Å²) in [6.45, 7) is 7.17. The van der Waals surface area contributed by atoms with E-state index in [1.807, 2.05) is 67.7 Å². The fraction of sp³-hybridized carbons (Fsp3) is 0.250. The summed E-state index contributed by atoms with van der Waals surface area (Å²) < 4.78 is 13.0. The molecule has 0 spiro atoms. The molecule has 1 amide bonds. The van der Waals surface area contributed by atoms with Gasteiger partial charge in [-0.25, -0.2) is 4.68 Å². The van der Waals surface area contributed by atoms with Crippen LogP contribution >= 0.6 is 0 Å². The lowest BCUT2D eigenvalue weighted by molar-refractivity contribution is -0.117. The molecule has 1 atom stereocenters. The maximum atomic E-state index is 12.7. The van der Waals surface area contributed by atoms with Gasteiger partial charge in [-0.05, 0) is 61.7 Å². The highest BCUT2D eigenvalue weighted by atomic mass is 16.5. The van der Waals surface area contributed by atoms with Gasteiger partial charge < -0.3 is 14.8 Å². The smallest absolute Gasteiger partial charge is 0.262 e. The van der Waals surface area contributed by atoms with Gasteiger partial charge in [0.1, 0.15) is 29.7 Å². The van der Waals surface area contributed by atoms with E-state index in [1.165, 1.54) is 0 Å². The molecule has 2 aromatic carbocycles. The Morgan fingerprint density at radius 1 is 1.34 bits per heavy atom. The highest BCUT2D eigenvalue weighted by molar-refractivity contribution is 6.02. The monoisotopic (exact) mass is 468 g/mol. The number of para-hydroxylation sites is 1. The van der Waals surface area contributed by atoms with Crippen molar-refractivity contribution >= 4 is 12.0 Å². The quantitative estimate of drug-likeness (QED) is 0.281. The molecule has 4 rings (SSSR count). The number of aromatic nitrogens is 2. The van der Waals surface area contributed by atoms with E-state index < -0.39 is 5.91 Å². The molecule has 35 heavy (non-hydrogen) atoms. The van der Waals surface area contributed by atoms with Crippen LogP contribution in [0.4, 0.5) is 0 Å². The molecule has 0 radical (unpaired) electrons. The van der Waals surface area contributed by atoms with Gasteiger partial charge in [-0.2, -0.15) is 10.4 Å². The van der Waals surface area contributed by atoms with E-state index in [4.69, 9.17) is 14.6 Å². The van der Waals surface area contributed by atoms with Crippen LogP contribution in [-0.2, 0) is 9.53 Å². The molecule has 3 aromatic rings. The number of benzene rings is 2. The number of carbonyl (C=O) groups excluding carboxylic acids is 1. The van der Waals surface area contributed by atoms with Gasteiger partial charge in [0.15, 0.2) is 0 Å². The van der Waals surface area contributed by atoms with Crippen LogP contribution in [0, 0.1) is 18.3 Å². The van der Waals surface area contributed by atoms with Gasteiger partial charge in [0, 0.05) is 30.5 Å². The summed E-state index contributed by atoms with van der Waals surface area (Å²) >= 11 is 0. The predicted molar refractivity (Wildman–Crippen MR) is 135 cm³/mol. The lowest BCUT2D eigenvalue weighted by atomic mass is 10.0. The first-order chi connectivity index (χ1) is 17.1. The van der Waals surface area contributed by atoms with Crippen molar-refractivity contribution in [2.24, 2.45) is 0 Å². The third-order valence-corrected chi connectivity index (χ3v) is 5.75. The zero-order valence-corrected chi connectivity index (χ0v) is 19.7. The van der Waals surface area contributed by atoms with Crippen LogP contribution in [0.5, 0.6) is 5.75 Å². The van der Waals surface area contributed by atoms with Crippen LogP contribution in [0.15, 0.2) is 73.0 Å². The highest BCUT2D eigenvalue weighted by Gasteiger charge is 2.19. The van der Waals surface area contributed by atoms with E-state index in [0.717, 1.165) is 35.4 Å².